The van der Waals surface area contributed by atoms with Crippen LogP contribution in [-0.4, -0.2) is 11.1 Å². The molecule has 4 aliphatic rings. The van der Waals surface area contributed by atoms with Gasteiger partial charge in [-0.2, -0.15) is 0 Å². The summed E-state index contributed by atoms with van der Waals surface area (Å²) in [5.74, 6) is 3.59. The molecule has 0 aromatic carbocycles. The lowest BCUT2D eigenvalue weighted by molar-refractivity contribution is -0.221. The smallest absolute Gasteiger partial charge is 0.303 e. The second kappa shape index (κ2) is 7.88. The van der Waals surface area contributed by atoms with Gasteiger partial charge in [0, 0.05) is 6.42 Å². The fourth-order valence-corrected chi connectivity index (χ4v) is 10.7. The third-order valence-electron chi connectivity index (χ3n) is 12.5. The molecule has 0 aliphatic heterocycles. The number of rotatable bonds is 5. The van der Waals surface area contributed by atoms with Crippen LogP contribution < -0.4 is 0 Å². The maximum atomic E-state index is 11.6. The quantitative estimate of drug-likeness (QED) is 0.434. The second-order valence-corrected chi connectivity index (χ2v) is 14.0. The highest BCUT2D eigenvalue weighted by molar-refractivity contribution is 5.66. The van der Waals surface area contributed by atoms with Crippen LogP contribution in [0.1, 0.15) is 113 Å². The predicted molar refractivity (Wildman–Crippen MR) is 133 cm³/mol. The van der Waals surface area contributed by atoms with Crippen molar-refractivity contribution in [3.63, 3.8) is 0 Å². The van der Waals surface area contributed by atoms with E-state index in [2.05, 4.69) is 55.0 Å². The van der Waals surface area contributed by atoms with Gasteiger partial charge in [0.25, 0.3) is 0 Å². The zero-order chi connectivity index (χ0) is 23.7. The van der Waals surface area contributed by atoms with Crippen LogP contribution in [0.5, 0.6) is 0 Å². The molecule has 32 heavy (non-hydrogen) atoms. The van der Waals surface area contributed by atoms with Crippen LogP contribution >= 0.6 is 0 Å². The first-order chi connectivity index (χ1) is 14.8. The number of aliphatic carboxylic acids is 1. The first kappa shape index (κ1) is 24.3. The van der Waals surface area contributed by atoms with Crippen molar-refractivity contribution in [1.82, 2.24) is 0 Å². The van der Waals surface area contributed by atoms with Gasteiger partial charge in [-0.25, -0.2) is 0 Å². The van der Waals surface area contributed by atoms with Crippen LogP contribution in [0.4, 0.5) is 0 Å². The van der Waals surface area contributed by atoms with Gasteiger partial charge in [-0.15, -0.1) is 0 Å². The first-order valence-electron chi connectivity index (χ1n) is 13.7. The Kier molecular flexibility index (Phi) is 5.99. The van der Waals surface area contributed by atoms with Gasteiger partial charge in [-0.05, 0) is 122 Å². The molecule has 182 valence electrons. The maximum Gasteiger partial charge on any atom is 0.303 e. The number of hydrogen-bond donors (Lipinski definition) is 1. The molecule has 2 heteroatoms. The van der Waals surface area contributed by atoms with E-state index in [4.69, 9.17) is 0 Å². The Morgan fingerprint density at radius 1 is 0.969 bits per heavy atom. The van der Waals surface area contributed by atoms with E-state index in [9.17, 15) is 9.90 Å². The highest BCUT2D eigenvalue weighted by Gasteiger charge is 2.68. The lowest BCUT2D eigenvalue weighted by Gasteiger charge is -2.71. The van der Waals surface area contributed by atoms with Gasteiger partial charge in [-0.3, -0.25) is 4.79 Å². The van der Waals surface area contributed by atoms with Gasteiger partial charge in [0.2, 0.25) is 0 Å². The van der Waals surface area contributed by atoms with Crippen molar-refractivity contribution >= 4 is 5.97 Å². The van der Waals surface area contributed by atoms with Crippen molar-refractivity contribution in [3.8, 4) is 0 Å². The number of allylic oxidation sites excluding steroid dienone is 1. The van der Waals surface area contributed by atoms with Gasteiger partial charge in [0.1, 0.15) is 0 Å². The van der Waals surface area contributed by atoms with Crippen LogP contribution in [0.2, 0.25) is 0 Å². The minimum atomic E-state index is -0.621. The summed E-state index contributed by atoms with van der Waals surface area (Å²) in [4.78, 5) is 11.6. The largest absolute Gasteiger partial charge is 0.481 e. The SMILES string of the molecule is C=C(C)C1CCC2(C)CCC3(C)C(CCC4C(C)(CCC(=O)O)C(C(C)C)CCC43C)C12. The molecule has 0 spiro atoms. The van der Waals surface area contributed by atoms with Crippen molar-refractivity contribution < 1.29 is 9.90 Å². The molecule has 9 atom stereocenters. The van der Waals surface area contributed by atoms with Gasteiger partial charge in [-0.1, -0.05) is 53.7 Å². The summed E-state index contributed by atoms with van der Waals surface area (Å²) in [7, 11) is 0. The number of carbonyl (C=O) groups is 1. The average Bonchev–Trinajstić information content (AvgIpc) is 3.05. The summed E-state index contributed by atoms with van der Waals surface area (Å²) in [6.45, 7) is 21.9. The van der Waals surface area contributed by atoms with Crippen molar-refractivity contribution in [3.05, 3.63) is 12.2 Å². The van der Waals surface area contributed by atoms with E-state index in [1.807, 2.05) is 0 Å². The third kappa shape index (κ3) is 3.28. The summed E-state index contributed by atoms with van der Waals surface area (Å²) in [6, 6.07) is 0. The lowest BCUT2D eigenvalue weighted by atomic mass is 9.34. The molecule has 0 bridgehead atoms. The Morgan fingerprint density at radius 2 is 1.66 bits per heavy atom. The number of carboxylic acids is 1. The van der Waals surface area contributed by atoms with Crippen LogP contribution in [0, 0.1) is 57.2 Å². The van der Waals surface area contributed by atoms with E-state index in [0.717, 1.165) is 18.3 Å². The second-order valence-electron chi connectivity index (χ2n) is 14.0. The van der Waals surface area contributed by atoms with E-state index in [1.165, 1.54) is 56.9 Å². The van der Waals surface area contributed by atoms with Crippen molar-refractivity contribution in [1.29, 1.82) is 0 Å². The monoisotopic (exact) mass is 442 g/mol. The summed E-state index contributed by atoms with van der Waals surface area (Å²) >= 11 is 0. The number of hydrogen-bond acceptors (Lipinski definition) is 1. The molecule has 2 nitrogen and oxygen atoms in total. The van der Waals surface area contributed by atoms with E-state index in [-0.39, 0.29) is 5.41 Å². The Labute approximate surface area is 198 Å². The van der Waals surface area contributed by atoms with Crippen molar-refractivity contribution in [2.24, 2.45) is 57.2 Å². The fourth-order valence-electron chi connectivity index (χ4n) is 10.7. The lowest BCUT2D eigenvalue weighted by Crippen LogP contribution is -2.64. The predicted octanol–water partition coefficient (Wildman–Crippen LogP) is 8.36. The molecule has 0 heterocycles. The maximum absolute atomic E-state index is 11.6. The molecule has 0 saturated heterocycles. The molecule has 4 saturated carbocycles. The zero-order valence-electron chi connectivity index (χ0n) is 22.1. The average molecular weight is 443 g/mol. The summed E-state index contributed by atoms with van der Waals surface area (Å²) < 4.78 is 0. The van der Waals surface area contributed by atoms with Crippen LogP contribution in [0.15, 0.2) is 12.2 Å². The van der Waals surface area contributed by atoms with E-state index in [1.54, 1.807) is 0 Å². The molecule has 9 unspecified atom stereocenters. The molecule has 0 amide bonds. The Hall–Kier alpha value is -0.790. The molecular weight excluding hydrogens is 392 g/mol. The molecule has 4 rings (SSSR count). The van der Waals surface area contributed by atoms with E-state index < -0.39 is 5.97 Å². The van der Waals surface area contributed by atoms with Crippen LogP contribution in [0.25, 0.3) is 0 Å². The standard InChI is InChI=1S/C30H50O2/c1-19(2)21-11-14-27(5)17-18-29(7)23(26(21)27)9-10-24-28(6,15-13-25(31)32)22(20(3)4)12-16-30(24,29)8/h20-24,26H,1,9-18H2,2-8H3,(H,31,32). The van der Waals surface area contributed by atoms with Crippen molar-refractivity contribution in [2.75, 3.05) is 0 Å². The van der Waals surface area contributed by atoms with Gasteiger partial charge in [0.15, 0.2) is 0 Å². The number of fused-ring (bicyclic) bond motifs is 5. The Balaban J connectivity index is 1.74. The Morgan fingerprint density at radius 3 is 2.25 bits per heavy atom. The molecular formula is C30H50O2. The summed E-state index contributed by atoms with van der Waals surface area (Å²) in [5.41, 5.74) is 2.74. The van der Waals surface area contributed by atoms with E-state index >= 15 is 0 Å². The molecule has 0 aromatic rings. The Bertz CT molecular complexity index is 769. The first-order valence-corrected chi connectivity index (χ1v) is 13.7. The normalized spacial score (nSPS) is 50.4. The topological polar surface area (TPSA) is 37.3 Å². The fraction of sp³-hybridized carbons (Fsp3) is 0.900. The molecule has 0 radical (unpaired) electrons. The molecule has 1 N–H and O–H groups in total. The van der Waals surface area contributed by atoms with Crippen LogP contribution in [0.3, 0.4) is 0 Å². The number of carboxylic acid groups (broad SMARTS) is 1. The van der Waals surface area contributed by atoms with Crippen LogP contribution in [-0.2, 0) is 4.79 Å². The summed E-state index contributed by atoms with van der Waals surface area (Å²) in [6.07, 6.45) is 11.9. The molecule has 4 aliphatic carbocycles. The van der Waals surface area contributed by atoms with Gasteiger partial charge < -0.3 is 5.11 Å². The molecule has 0 aromatic heterocycles. The van der Waals surface area contributed by atoms with Crippen molar-refractivity contribution in [2.45, 2.75) is 113 Å². The summed E-state index contributed by atoms with van der Waals surface area (Å²) in [5, 5.41) is 9.59. The van der Waals surface area contributed by atoms with Gasteiger partial charge in [0.05, 0.1) is 0 Å². The minimum Gasteiger partial charge on any atom is -0.481 e. The third-order valence-corrected chi connectivity index (χ3v) is 12.5. The molecule has 4 fully saturated rings. The van der Waals surface area contributed by atoms with Gasteiger partial charge >= 0.3 is 5.97 Å². The minimum absolute atomic E-state index is 0.137. The highest BCUT2D eigenvalue weighted by atomic mass is 16.4. The highest BCUT2D eigenvalue weighted by Crippen LogP contribution is 2.76. The zero-order valence-corrected chi connectivity index (χ0v) is 22.1. The van der Waals surface area contributed by atoms with E-state index in [0.29, 0.717) is 46.3 Å².